The van der Waals surface area contributed by atoms with Crippen molar-refractivity contribution < 1.29 is 9.53 Å². The summed E-state index contributed by atoms with van der Waals surface area (Å²) in [5, 5.41) is 13.1. The van der Waals surface area contributed by atoms with Gasteiger partial charge in [0, 0.05) is 11.4 Å². The number of hydrogen-bond acceptors (Lipinski definition) is 4. The summed E-state index contributed by atoms with van der Waals surface area (Å²) in [6.45, 7) is 15.5. The summed E-state index contributed by atoms with van der Waals surface area (Å²) in [5.41, 5.74) is 4.31. The lowest BCUT2D eigenvalue weighted by Gasteiger charge is -2.31. The summed E-state index contributed by atoms with van der Waals surface area (Å²) in [7, 11) is 0. The summed E-state index contributed by atoms with van der Waals surface area (Å²) in [5.74, 6) is -0.850. The second-order valence-electron chi connectivity index (χ2n) is 6.73. The molecule has 4 heteroatoms. The third-order valence-corrected chi connectivity index (χ3v) is 4.10. The molecule has 0 amide bonds. The molecule has 1 aliphatic rings. The van der Waals surface area contributed by atoms with E-state index in [9.17, 15) is 10.1 Å². The van der Waals surface area contributed by atoms with E-state index in [0.717, 1.165) is 29.0 Å². The second kappa shape index (κ2) is 9.82. The number of nitrogens with one attached hydrogen (secondary N) is 1. The van der Waals surface area contributed by atoms with Crippen molar-refractivity contribution in [3.05, 3.63) is 58.5 Å². The molecule has 1 aliphatic heterocycles. The first kappa shape index (κ1) is 21.5. The van der Waals surface area contributed by atoms with E-state index in [4.69, 9.17) is 4.74 Å². The van der Waals surface area contributed by atoms with Crippen LogP contribution in [-0.2, 0) is 9.53 Å². The second-order valence-corrected chi connectivity index (χ2v) is 6.73. The molecule has 0 aromatic rings. The number of carbonyl (C=O) groups excluding carboxylic acids is 1. The molecule has 26 heavy (non-hydrogen) atoms. The Labute approximate surface area is 157 Å². The lowest BCUT2D eigenvalue weighted by Crippen LogP contribution is -2.32. The summed E-state index contributed by atoms with van der Waals surface area (Å²) in [6.07, 6.45) is 7.10. The molecular formula is C22H30N2O2. The zero-order valence-corrected chi connectivity index (χ0v) is 16.8. The molecule has 140 valence electrons. The standard InChI is InChI=1S/C22H30N2O2/c1-8-10-12-17(14(3)4)20-18(13-23)16(7)24-19(11-9-2)21(20)22(25)26-15(5)6/h8,10,12,15,20,24H,3,9,11H2,1-2,4-7H3/b10-8-,17-12+. The molecule has 0 saturated heterocycles. The number of nitrogens with zero attached hydrogens (tertiary/aromatic N) is 1. The van der Waals surface area contributed by atoms with E-state index in [1.54, 1.807) is 0 Å². The summed E-state index contributed by atoms with van der Waals surface area (Å²) in [6, 6.07) is 2.29. The van der Waals surface area contributed by atoms with Crippen molar-refractivity contribution in [2.45, 2.75) is 60.5 Å². The van der Waals surface area contributed by atoms with Crippen LogP contribution in [0.15, 0.2) is 58.5 Å². The number of ether oxygens (including phenoxy) is 1. The molecule has 1 unspecified atom stereocenters. The first-order valence-corrected chi connectivity index (χ1v) is 9.09. The van der Waals surface area contributed by atoms with Crippen molar-refractivity contribution >= 4 is 5.97 Å². The molecular weight excluding hydrogens is 324 g/mol. The number of dihydropyridines is 1. The van der Waals surface area contributed by atoms with E-state index in [1.165, 1.54) is 0 Å². The fraction of sp³-hybridized carbons (Fsp3) is 0.455. The minimum absolute atomic E-state index is 0.233. The monoisotopic (exact) mass is 354 g/mol. The van der Waals surface area contributed by atoms with Gasteiger partial charge in [-0.15, -0.1) is 0 Å². The Hall–Kier alpha value is -2.54. The van der Waals surface area contributed by atoms with Gasteiger partial charge in [-0.3, -0.25) is 0 Å². The molecule has 0 radical (unpaired) electrons. The Kier molecular flexibility index (Phi) is 8.12. The smallest absolute Gasteiger partial charge is 0.337 e. The number of rotatable bonds is 7. The van der Waals surface area contributed by atoms with Crippen LogP contribution in [0.4, 0.5) is 0 Å². The third-order valence-electron chi connectivity index (χ3n) is 4.10. The highest BCUT2D eigenvalue weighted by molar-refractivity contribution is 5.92. The summed E-state index contributed by atoms with van der Waals surface area (Å²) in [4.78, 5) is 12.9. The largest absolute Gasteiger partial charge is 0.460 e. The van der Waals surface area contributed by atoms with Crippen LogP contribution >= 0.6 is 0 Å². The molecule has 1 N–H and O–H groups in total. The van der Waals surface area contributed by atoms with E-state index in [1.807, 2.05) is 52.8 Å². The zero-order chi connectivity index (χ0) is 19.9. The van der Waals surface area contributed by atoms with Gasteiger partial charge in [0.15, 0.2) is 0 Å². The van der Waals surface area contributed by atoms with Gasteiger partial charge in [-0.2, -0.15) is 5.26 Å². The molecule has 0 bridgehead atoms. The normalized spacial score (nSPS) is 18.2. The van der Waals surface area contributed by atoms with Gasteiger partial charge in [0.25, 0.3) is 0 Å². The Morgan fingerprint density at radius 2 is 2.12 bits per heavy atom. The molecule has 0 saturated carbocycles. The number of nitriles is 1. The van der Waals surface area contributed by atoms with Gasteiger partial charge >= 0.3 is 5.97 Å². The third kappa shape index (κ3) is 4.98. The quantitative estimate of drug-likeness (QED) is 0.511. The van der Waals surface area contributed by atoms with Gasteiger partial charge < -0.3 is 10.1 Å². The van der Waals surface area contributed by atoms with Crippen LogP contribution in [0.25, 0.3) is 0 Å². The lowest BCUT2D eigenvalue weighted by molar-refractivity contribution is -0.143. The van der Waals surface area contributed by atoms with E-state index in [2.05, 4.69) is 24.9 Å². The van der Waals surface area contributed by atoms with E-state index in [-0.39, 0.29) is 12.1 Å². The maximum Gasteiger partial charge on any atom is 0.337 e. The molecule has 4 nitrogen and oxygen atoms in total. The molecule has 0 fully saturated rings. The summed E-state index contributed by atoms with van der Waals surface area (Å²) >= 11 is 0. The first-order valence-electron chi connectivity index (χ1n) is 9.09. The minimum Gasteiger partial charge on any atom is -0.460 e. The fourth-order valence-electron chi connectivity index (χ4n) is 3.01. The Bertz CT molecular complexity index is 728. The SMILES string of the molecule is C=C(C)/C(=C\C=C/C)C1C(C#N)=C(C)NC(CCC)=C1C(=O)OC(C)C. The van der Waals surface area contributed by atoms with Gasteiger partial charge in [0.2, 0.25) is 0 Å². The highest BCUT2D eigenvalue weighted by atomic mass is 16.5. The molecule has 1 rings (SSSR count). The van der Waals surface area contributed by atoms with Gasteiger partial charge in [0.05, 0.1) is 29.2 Å². The van der Waals surface area contributed by atoms with Crippen LogP contribution in [0.2, 0.25) is 0 Å². The molecule has 0 aromatic carbocycles. The predicted molar refractivity (Wildman–Crippen MR) is 106 cm³/mol. The number of esters is 1. The van der Waals surface area contributed by atoms with Crippen molar-refractivity contribution in [3.8, 4) is 6.07 Å². The predicted octanol–water partition coefficient (Wildman–Crippen LogP) is 5.09. The van der Waals surface area contributed by atoms with E-state index < -0.39 is 5.92 Å². The highest BCUT2D eigenvalue weighted by Crippen LogP contribution is 2.39. The Morgan fingerprint density at radius 1 is 1.46 bits per heavy atom. The minimum atomic E-state index is -0.470. The van der Waals surface area contributed by atoms with Crippen LogP contribution in [-0.4, -0.2) is 12.1 Å². The van der Waals surface area contributed by atoms with Crippen LogP contribution < -0.4 is 5.32 Å². The Morgan fingerprint density at radius 3 is 2.58 bits per heavy atom. The molecule has 0 aromatic heterocycles. The van der Waals surface area contributed by atoms with E-state index >= 15 is 0 Å². The van der Waals surface area contributed by atoms with Gasteiger partial charge in [-0.1, -0.05) is 43.7 Å². The van der Waals surface area contributed by atoms with Crippen LogP contribution in [0, 0.1) is 17.2 Å². The molecule has 1 heterocycles. The topological polar surface area (TPSA) is 62.1 Å². The van der Waals surface area contributed by atoms with Crippen molar-refractivity contribution in [3.63, 3.8) is 0 Å². The van der Waals surface area contributed by atoms with Gasteiger partial charge in [-0.05, 0) is 46.6 Å². The zero-order valence-electron chi connectivity index (χ0n) is 16.8. The molecule has 1 atom stereocenters. The fourth-order valence-corrected chi connectivity index (χ4v) is 3.01. The number of allylic oxidation sites excluding steroid dienone is 8. The average Bonchev–Trinajstić information content (AvgIpc) is 2.54. The maximum atomic E-state index is 12.9. The van der Waals surface area contributed by atoms with Crippen LogP contribution in [0.5, 0.6) is 0 Å². The van der Waals surface area contributed by atoms with Crippen LogP contribution in [0.3, 0.4) is 0 Å². The lowest BCUT2D eigenvalue weighted by atomic mass is 9.77. The summed E-state index contributed by atoms with van der Waals surface area (Å²) < 4.78 is 5.52. The van der Waals surface area contributed by atoms with Crippen molar-refractivity contribution in [1.29, 1.82) is 5.26 Å². The number of hydrogen-bond donors (Lipinski definition) is 1. The highest BCUT2D eigenvalue weighted by Gasteiger charge is 2.36. The van der Waals surface area contributed by atoms with Crippen molar-refractivity contribution in [2.24, 2.45) is 5.92 Å². The van der Waals surface area contributed by atoms with Gasteiger partial charge in [0.1, 0.15) is 0 Å². The van der Waals surface area contributed by atoms with E-state index in [0.29, 0.717) is 17.6 Å². The molecule has 0 spiro atoms. The number of carbonyl (C=O) groups is 1. The van der Waals surface area contributed by atoms with Crippen molar-refractivity contribution in [1.82, 2.24) is 5.32 Å². The van der Waals surface area contributed by atoms with Gasteiger partial charge in [-0.25, -0.2) is 4.79 Å². The van der Waals surface area contributed by atoms with Crippen molar-refractivity contribution in [2.75, 3.05) is 0 Å². The average molecular weight is 354 g/mol. The first-order chi connectivity index (χ1) is 12.3. The Balaban J connectivity index is 3.70. The van der Waals surface area contributed by atoms with Crippen LogP contribution in [0.1, 0.15) is 54.4 Å². The maximum absolute atomic E-state index is 12.9. The molecule has 0 aliphatic carbocycles.